The van der Waals surface area contributed by atoms with E-state index in [4.69, 9.17) is 5.73 Å². The average molecular weight is 173 g/mol. The van der Waals surface area contributed by atoms with Crippen LogP contribution in [0.4, 0.5) is 4.79 Å². The van der Waals surface area contributed by atoms with E-state index in [0.29, 0.717) is 6.61 Å². The molecule has 0 aromatic carbocycles. The normalized spacial score (nSPS) is 19.0. The first kappa shape index (κ1) is 9.28. The monoisotopic (exact) mass is 173 g/mol. The summed E-state index contributed by atoms with van der Waals surface area (Å²) in [4.78, 5) is 12.4. The Kier molecular flexibility index (Phi) is 3.83. The zero-order valence-corrected chi connectivity index (χ0v) is 7.08. The van der Waals surface area contributed by atoms with E-state index in [-0.39, 0.29) is 0 Å². The molecule has 1 saturated heterocycles. The number of carbonyl (C=O) groups excluding carboxylic acids is 1. The molecule has 0 spiro atoms. The van der Waals surface area contributed by atoms with Crippen LogP contribution >= 0.6 is 0 Å². The summed E-state index contributed by atoms with van der Waals surface area (Å²) in [6.45, 7) is 5.23. The van der Waals surface area contributed by atoms with Crippen molar-refractivity contribution in [3.05, 3.63) is 0 Å². The molecule has 5 heteroatoms. The lowest BCUT2D eigenvalue weighted by Crippen LogP contribution is -2.44. The maximum absolute atomic E-state index is 10.2. The largest absolute Gasteiger partial charge is 0.448 e. The molecule has 0 aromatic rings. The second-order valence-electron chi connectivity index (χ2n) is 2.76. The van der Waals surface area contributed by atoms with Crippen molar-refractivity contribution in [1.82, 2.24) is 10.2 Å². The van der Waals surface area contributed by atoms with Gasteiger partial charge in [0.1, 0.15) is 6.61 Å². The molecule has 5 nitrogen and oxygen atoms in total. The molecule has 1 aliphatic rings. The highest BCUT2D eigenvalue weighted by molar-refractivity contribution is 5.64. The lowest BCUT2D eigenvalue weighted by molar-refractivity contribution is 0.131. The maximum Gasteiger partial charge on any atom is 0.404 e. The first-order chi connectivity index (χ1) is 5.79. The molecule has 1 heterocycles. The summed E-state index contributed by atoms with van der Waals surface area (Å²) in [7, 11) is 0. The summed E-state index contributed by atoms with van der Waals surface area (Å²) < 4.78 is 4.62. The number of hydrogen-bond donors (Lipinski definition) is 2. The van der Waals surface area contributed by atoms with Gasteiger partial charge in [-0.05, 0) is 0 Å². The molecule has 0 aliphatic carbocycles. The number of carbonyl (C=O) groups is 1. The minimum absolute atomic E-state index is 0.398. The lowest BCUT2D eigenvalue weighted by atomic mass is 10.4. The van der Waals surface area contributed by atoms with Crippen LogP contribution in [0.1, 0.15) is 0 Å². The molecule has 0 atom stereocenters. The zero-order chi connectivity index (χ0) is 8.81. The second kappa shape index (κ2) is 4.95. The summed E-state index contributed by atoms with van der Waals surface area (Å²) in [5.41, 5.74) is 4.82. The molecule has 1 fully saturated rings. The van der Waals surface area contributed by atoms with Crippen LogP contribution in [0.3, 0.4) is 0 Å². The van der Waals surface area contributed by atoms with Gasteiger partial charge in [-0.3, -0.25) is 4.90 Å². The van der Waals surface area contributed by atoms with Gasteiger partial charge < -0.3 is 15.8 Å². The Hall–Kier alpha value is -0.810. The van der Waals surface area contributed by atoms with E-state index >= 15 is 0 Å². The first-order valence-corrected chi connectivity index (χ1v) is 4.14. The highest BCUT2D eigenvalue weighted by atomic mass is 16.5. The predicted molar refractivity (Wildman–Crippen MR) is 44.8 cm³/mol. The SMILES string of the molecule is NC(=O)OCCN1CCNCC1. The number of nitrogens with one attached hydrogen (secondary N) is 1. The van der Waals surface area contributed by atoms with Crippen molar-refractivity contribution in [3.63, 3.8) is 0 Å². The molecule has 70 valence electrons. The van der Waals surface area contributed by atoms with Gasteiger partial charge in [-0.2, -0.15) is 0 Å². The van der Waals surface area contributed by atoms with E-state index in [1.807, 2.05) is 0 Å². The molecule has 1 rings (SSSR count). The molecule has 3 N–H and O–H groups in total. The number of piperazine rings is 1. The number of hydrogen-bond acceptors (Lipinski definition) is 4. The van der Waals surface area contributed by atoms with Crippen molar-refractivity contribution in [2.24, 2.45) is 5.73 Å². The summed E-state index contributed by atoms with van der Waals surface area (Å²) in [6.07, 6.45) is -0.690. The number of nitrogens with zero attached hydrogens (tertiary/aromatic N) is 1. The van der Waals surface area contributed by atoms with Gasteiger partial charge >= 0.3 is 6.09 Å². The first-order valence-electron chi connectivity index (χ1n) is 4.14. The van der Waals surface area contributed by atoms with Crippen molar-refractivity contribution >= 4 is 6.09 Å². The fourth-order valence-corrected chi connectivity index (χ4v) is 1.21. The smallest absolute Gasteiger partial charge is 0.404 e. The van der Waals surface area contributed by atoms with E-state index in [1.165, 1.54) is 0 Å². The van der Waals surface area contributed by atoms with Crippen molar-refractivity contribution in [1.29, 1.82) is 0 Å². The minimum Gasteiger partial charge on any atom is -0.448 e. The third-order valence-electron chi connectivity index (χ3n) is 1.86. The van der Waals surface area contributed by atoms with Gasteiger partial charge in [0.05, 0.1) is 0 Å². The quantitative estimate of drug-likeness (QED) is 0.573. The number of ether oxygens (including phenoxy) is 1. The molecule has 0 unspecified atom stereocenters. The van der Waals surface area contributed by atoms with Crippen molar-refractivity contribution in [3.8, 4) is 0 Å². The Morgan fingerprint density at radius 1 is 1.50 bits per heavy atom. The van der Waals surface area contributed by atoms with Crippen LogP contribution in [0, 0.1) is 0 Å². The fraction of sp³-hybridized carbons (Fsp3) is 0.857. The Morgan fingerprint density at radius 2 is 2.17 bits per heavy atom. The van der Waals surface area contributed by atoms with Crippen molar-refractivity contribution < 1.29 is 9.53 Å². The fourth-order valence-electron chi connectivity index (χ4n) is 1.21. The molecule has 0 saturated carbocycles. The van der Waals surface area contributed by atoms with E-state index in [0.717, 1.165) is 32.7 Å². The summed E-state index contributed by atoms with van der Waals surface area (Å²) >= 11 is 0. The van der Waals surface area contributed by atoms with E-state index in [2.05, 4.69) is 15.0 Å². The highest BCUT2D eigenvalue weighted by Crippen LogP contribution is 1.91. The van der Waals surface area contributed by atoms with Crippen LogP contribution in [0.15, 0.2) is 0 Å². The Bertz CT molecular complexity index is 146. The standard InChI is InChI=1S/C7H15N3O2/c8-7(11)12-6-5-10-3-1-9-2-4-10/h9H,1-6H2,(H2,8,11). The summed E-state index contributed by atoms with van der Waals surface area (Å²) in [5, 5.41) is 3.24. The second-order valence-corrected chi connectivity index (χ2v) is 2.76. The zero-order valence-electron chi connectivity index (χ0n) is 7.08. The Labute approximate surface area is 71.8 Å². The van der Waals surface area contributed by atoms with Crippen molar-refractivity contribution in [2.45, 2.75) is 0 Å². The van der Waals surface area contributed by atoms with Crippen LogP contribution in [-0.4, -0.2) is 50.3 Å². The van der Waals surface area contributed by atoms with Gasteiger partial charge in [0.15, 0.2) is 0 Å². The van der Waals surface area contributed by atoms with Gasteiger partial charge in [0.2, 0.25) is 0 Å². The lowest BCUT2D eigenvalue weighted by Gasteiger charge is -2.26. The molecule has 12 heavy (non-hydrogen) atoms. The molecule has 1 amide bonds. The van der Waals surface area contributed by atoms with Gasteiger partial charge in [-0.25, -0.2) is 4.79 Å². The number of amides is 1. The number of rotatable bonds is 3. The Morgan fingerprint density at radius 3 is 2.75 bits per heavy atom. The van der Waals surface area contributed by atoms with Crippen LogP contribution in [0.25, 0.3) is 0 Å². The van der Waals surface area contributed by atoms with Crippen LogP contribution in [0.5, 0.6) is 0 Å². The average Bonchev–Trinajstić information content (AvgIpc) is 2.05. The topological polar surface area (TPSA) is 67.6 Å². The molecule has 0 radical (unpaired) electrons. The van der Waals surface area contributed by atoms with E-state index in [1.54, 1.807) is 0 Å². The van der Waals surface area contributed by atoms with Crippen LogP contribution in [-0.2, 0) is 4.74 Å². The predicted octanol–water partition coefficient (Wildman–Crippen LogP) is -1.01. The van der Waals surface area contributed by atoms with Crippen molar-refractivity contribution in [2.75, 3.05) is 39.3 Å². The third-order valence-corrected chi connectivity index (χ3v) is 1.86. The molecule has 0 bridgehead atoms. The highest BCUT2D eigenvalue weighted by Gasteiger charge is 2.08. The van der Waals surface area contributed by atoms with Gasteiger partial charge in [0.25, 0.3) is 0 Å². The summed E-state index contributed by atoms with van der Waals surface area (Å²) in [5.74, 6) is 0. The molecular weight excluding hydrogens is 158 g/mol. The summed E-state index contributed by atoms with van der Waals surface area (Å²) in [6, 6.07) is 0. The van der Waals surface area contributed by atoms with E-state index < -0.39 is 6.09 Å². The molecular formula is C7H15N3O2. The Balaban J connectivity index is 2.01. The van der Waals surface area contributed by atoms with Gasteiger partial charge in [-0.1, -0.05) is 0 Å². The molecule has 1 aliphatic heterocycles. The maximum atomic E-state index is 10.2. The minimum atomic E-state index is -0.690. The van der Waals surface area contributed by atoms with Gasteiger partial charge in [-0.15, -0.1) is 0 Å². The van der Waals surface area contributed by atoms with Gasteiger partial charge in [0, 0.05) is 32.7 Å². The number of primary amides is 1. The van der Waals surface area contributed by atoms with E-state index in [9.17, 15) is 4.79 Å². The number of nitrogens with two attached hydrogens (primary N) is 1. The van der Waals surface area contributed by atoms with Crippen LogP contribution in [0.2, 0.25) is 0 Å². The third kappa shape index (κ3) is 3.54. The molecule has 0 aromatic heterocycles. The van der Waals surface area contributed by atoms with Crippen LogP contribution < -0.4 is 11.1 Å².